The molecule has 0 saturated heterocycles. The van der Waals surface area contributed by atoms with Crippen molar-refractivity contribution in [3.05, 3.63) is 28.8 Å². The summed E-state index contributed by atoms with van der Waals surface area (Å²) in [7, 11) is 0. The van der Waals surface area contributed by atoms with Gasteiger partial charge in [0.1, 0.15) is 5.75 Å². The first-order chi connectivity index (χ1) is 8.69. The fourth-order valence-corrected chi connectivity index (χ4v) is 3.52. The van der Waals surface area contributed by atoms with Crippen molar-refractivity contribution >= 4 is 23.4 Å². The van der Waals surface area contributed by atoms with Gasteiger partial charge in [-0.2, -0.15) is 11.8 Å². The van der Waals surface area contributed by atoms with Crippen molar-refractivity contribution in [2.45, 2.75) is 43.5 Å². The Bertz CT molecular complexity index is 399. The Labute approximate surface area is 118 Å². The highest BCUT2D eigenvalue weighted by atomic mass is 35.5. The van der Waals surface area contributed by atoms with Gasteiger partial charge in [-0.3, -0.25) is 0 Å². The lowest BCUT2D eigenvalue weighted by molar-refractivity contribution is 0.376. The van der Waals surface area contributed by atoms with E-state index >= 15 is 0 Å². The molecule has 0 spiro atoms. The number of nitrogens with one attached hydrogen (secondary N) is 1. The fraction of sp³-hybridized carbons (Fsp3) is 0.571. The first-order valence-electron chi connectivity index (χ1n) is 6.42. The van der Waals surface area contributed by atoms with Gasteiger partial charge in [0.15, 0.2) is 0 Å². The molecule has 100 valence electrons. The quantitative estimate of drug-likeness (QED) is 0.882. The topological polar surface area (TPSA) is 32.3 Å². The van der Waals surface area contributed by atoms with Crippen LogP contribution in [0, 0.1) is 0 Å². The summed E-state index contributed by atoms with van der Waals surface area (Å²) in [5.41, 5.74) is 0.883. The number of rotatable bonds is 4. The van der Waals surface area contributed by atoms with Crippen molar-refractivity contribution < 1.29 is 5.11 Å². The Morgan fingerprint density at radius 3 is 3.06 bits per heavy atom. The number of phenols is 1. The van der Waals surface area contributed by atoms with Gasteiger partial charge in [0, 0.05) is 28.4 Å². The van der Waals surface area contributed by atoms with Crippen LogP contribution in [0.1, 0.15) is 31.2 Å². The molecular formula is C14H20ClNOS. The Balaban J connectivity index is 1.89. The van der Waals surface area contributed by atoms with Crippen LogP contribution in [-0.2, 0) is 6.54 Å². The van der Waals surface area contributed by atoms with E-state index in [4.69, 9.17) is 11.6 Å². The minimum atomic E-state index is 0.323. The number of hydrogen-bond donors (Lipinski definition) is 2. The lowest BCUT2D eigenvalue weighted by atomic mass is 9.95. The Morgan fingerprint density at radius 1 is 1.44 bits per heavy atom. The van der Waals surface area contributed by atoms with Crippen LogP contribution in [-0.4, -0.2) is 22.7 Å². The third-order valence-electron chi connectivity index (χ3n) is 3.58. The maximum absolute atomic E-state index is 9.76. The molecule has 0 heterocycles. The van der Waals surface area contributed by atoms with Gasteiger partial charge < -0.3 is 10.4 Å². The van der Waals surface area contributed by atoms with Gasteiger partial charge in [0.05, 0.1) is 0 Å². The summed E-state index contributed by atoms with van der Waals surface area (Å²) < 4.78 is 0. The zero-order chi connectivity index (χ0) is 13.0. The van der Waals surface area contributed by atoms with Gasteiger partial charge in [-0.1, -0.05) is 18.0 Å². The van der Waals surface area contributed by atoms with E-state index in [-0.39, 0.29) is 0 Å². The molecule has 2 unspecified atom stereocenters. The second kappa shape index (κ2) is 6.69. The van der Waals surface area contributed by atoms with E-state index < -0.39 is 0 Å². The summed E-state index contributed by atoms with van der Waals surface area (Å²) in [6.07, 6.45) is 7.28. The molecule has 0 aromatic heterocycles. The molecule has 2 nitrogen and oxygen atoms in total. The largest absolute Gasteiger partial charge is 0.508 e. The Morgan fingerprint density at radius 2 is 2.28 bits per heavy atom. The highest BCUT2D eigenvalue weighted by molar-refractivity contribution is 7.99. The monoisotopic (exact) mass is 285 g/mol. The van der Waals surface area contributed by atoms with Crippen LogP contribution in [0.3, 0.4) is 0 Å². The number of aromatic hydroxyl groups is 1. The average molecular weight is 286 g/mol. The summed E-state index contributed by atoms with van der Waals surface area (Å²) in [6, 6.07) is 5.77. The van der Waals surface area contributed by atoms with Crippen molar-refractivity contribution in [1.82, 2.24) is 5.32 Å². The molecule has 0 radical (unpaired) electrons. The van der Waals surface area contributed by atoms with E-state index in [2.05, 4.69) is 11.6 Å². The molecule has 0 bridgehead atoms. The maximum Gasteiger partial charge on any atom is 0.120 e. The molecule has 1 saturated carbocycles. The third kappa shape index (κ3) is 3.81. The van der Waals surface area contributed by atoms with Crippen LogP contribution in [0.15, 0.2) is 18.2 Å². The molecule has 1 aliphatic rings. The predicted molar refractivity (Wildman–Crippen MR) is 79.5 cm³/mol. The number of hydrogen-bond acceptors (Lipinski definition) is 3. The third-order valence-corrected chi connectivity index (χ3v) is 4.91. The molecule has 1 aliphatic carbocycles. The molecule has 0 aliphatic heterocycles. The molecule has 2 atom stereocenters. The Hall–Kier alpha value is -0.380. The zero-order valence-corrected chi connectivity index (χ0v) is 12.2. The zero-order valence-electron chi connectivity index (χ0n) is 10.7. The average Bonchev–Trinajstić information content (AvgIpc) is 2.40. The first-order valence-corrected chi connectivity index (χ1v) is 8.09. The van der Waals surface area contributed by atoms with Crippen molar-refractivity contribution in [1.29, 1.82) is 0 Å². The van der Waals surface area contributed by atoms with Gasteiger partial charge in [-0.25, -0.2) is 0 Å². The minimum Gasteiger partial charge on any atom is -0.508 e. The van der Waals surface area contributed by atoms with Crippen LogP contribution in [0.5, 0.6) is 5.75 Å². The van der Waals surface area contributed by atoms with Crippen LogP contribution in [0.25, 0.3) is 0 Å². The summed E-state index contributed by atoms with van der Waals surface area (Å²) in [5, 5.41) is 14.8. The molecule has 18 heavy (non-hydrogen) atoms. The molecule has 1 fully saturated rings. The summed E-state index contributed by atoms with van der Waals surface area (Å²) in [6.45, 7) is 0.693. The summed E-state index contributed by atoms with van der Waals surface area (Å²) in [5.74, 6) is 0.323. The maximum atomic E-state index is 9.76. The van der Waals surface area contributed by atoms with E-state index in [1.807, 2.05) is 17.8 Å². The number of benzene rings is 1. The first kappa shape index (κ1) is 14.0. The predicted octanol–water partition coefficient (Wildman–Crippen LogP) is 3.81. The molecule has 2 rings (SSSR count). The molecule has 1 aromatic rings. The van der Waals surface area contributed by atoms with Crippen molar-refractivity contribution in [3.8, 4) is 5.75 Å². The minimum absolute atomic E-state index is 0.323. The van der Waals surface area contributed by atoms with Crippen LogP contribution < -0.4 is 5.32 Å². The molecule has 4 heteroatoms. The lowest BCUT2D eigenvalue weighted by Crippen LogP contribution is -2.34. The number of thioether (sulfide) groups is 1. The standard InChI is InChI=1S/C14H20ClNOS/c1-18-13-4-2-3-12(8-13)16-9-10-7-11(15)5-6-14(10)17/h5-7,12-13,16-17H,2-4,8-9H2,1H3. The van der Waals surface area contributed by atoms with Gasteiger partial charge in [-0.15, -0.1) is 0 Å². The van der Waals surface area contributed by atoms with Crippen molar-refractivity contribution in [2.24, 2.45) is 0 Å². The van der Waals surface area contributed by atoms with Gasteiger partial charge in [0.2, 0.25) is 0 Å². The van der Waals surface area contributed by atoms with Crippen LogP contribution in [0.2, 0.25) is 5.02 Å². The van der Waals surface area contributed by atoms with E-state index in [0.29, 0.717) is 23.4 Å². The van der Waals surface area contributed by atoms with E-state index in [9.17, 15) is 5.11 Å². The molecule has 2 N–H and O–H groups in total. The second-order valence-corrected chi connectivity index (χ2v) is 6.45. The second-order valence-electron chi connectivity index (χ2n) is 4.88. The van der Waals surface area contributed by atoms with Gasteiger partial charge in [-0.05, 0) is 43.7 Å². The normalized spacial score (nSPS) is 24.1. The van der Waals surface area contributed by atoms with Crippen LogP contribution >= 0.6 is 23.4 Å². The lowest BCUT2D eigenvalue weighted by Gasteiger charge is -2.28. The van der Waals surface area contributed by atoms with Gasteiger partial charge >= 0.3 is 0 Å². The molecule has 1 aromatic carbocycles. The highest BCUT2D eigenvalue weighted by Crippen LogP contribution is 2.28. The molecule has 0 amide bonds. The number of halogens is 1. The SMILES string of the molecule is CSC1CCCC(NCc2cc(Cl)ccc2O)C1. The number of phenolic OH excluding ortho intramolecular Hbond substituents is 1. The summed E-state index contributed by atoms with van der Waals surface area (Å²) in [4.78, 5) is 0. The Kier molecular flexibility index (Phi) is 5.22. The highest BCUT2D eigenvalue weighted by Gasteiger charge is 2.20. The van der Waals surface area contributed by atoms with Crippen molar-refractivity contribution in [2.75, 3.05) is 6.26 Å². The van der Waals surface area contributed by atoms with Gasteiger partial charge in [0.25, 0.3) is 0 Å². The van der Waals surface area contributed by atoms with Crippen LogP contribution in [0.4, 0.5) is 0 Å². The fourth-order valence-electron chi connectivity index (χ4n) is 2.49. The summed E-state index contributed by atoms with van der Waals surface area (Å²) >= 11 is 7.91. The molecular weight excluding hydrogens is 266 g/mol. The smallest absolute Gasteiger partial charge is 0.120 e. The van der Waals surface area contributed by atoms with Crippen molar-refractivity contribution in [3.63, 3.8) is 0 Å². The van der Waals surface area contributed by atoms with E-state index in [1.165, 1.54) is 25.7 Å². The van der Waals surface area contributed by atoms with E-state index in [1.54, 1.807) is 12.1 Å². The van der Waals surface area contributed by atoms with E-state index in [0.717, 1.165) is 10.8 Å².